The quantitative estimate of drug-likeness (QED) is 0.216. The summed E-state index contributed by atoms with van der Waals surface area (Å²) in [5, 5.41) is 10.0. The van der Waals surface area contributed by atoms with Gasteiger partial charge in [0.05, 0.1) is 18.3 Å². The zero-order valence-electron chi connectivity index (χ0n) is 9.63. The third kappa shape index (κ3) is 5.82. The van der Waals surface area contributed by atoms with E-state index in [0.717, 1.165) is 11.7 Å². The number of esters is 1. The molecule has 0 aromatic carbocycles. The Morgan fingerprint density at radius 3 is 2.94 bits per heavy atom. The van der Waals surface area contributed by atoms with Crippen molar-refractivity contribution in [3.63, 3.8) is 0 Å². The van der Waals surface area contributed by atoms with Gasteiger partial charge in [0, 0.05) is 12.3 Å². The maximum atomic E-state index is 11.5. The summed E-state index contributed by atoms with van der Waals surface area (Å²) in [5.41, 5.74) is 5.39. The van der Waals surface area contributed by atoms with Crippen LogP contribution in [0.2, 0.25) is 0 Å². The van der Waals surface area contributed by atoms with Gasteiger partial charge in [-0.1, -0.05) is 11.8 Å². The second-order valence-electron chi connectivity index (χ2n) is 2.82. The lowest BCUT2D eigenvalue weighted by Gasteiger charge is -2.04. The van der Waals surface area contributed by atoms with Crippen molar-refractivity contribution in [2.75, 3.05) is 24.2 Å². The van der Waals surface area contributed by atoms with Crippen LogP contribution < -0.4 is 11.1 Å². The molecule has 0 aliphatic carbocycles. The topological polar surface area (TPSA) is 114 Å². The molecule has 0 spiro atoms. The molecular formula is C8H14IN5O2S2. The van der Waals surface area contributed by atoms with Crippen LogP contribution in [0.5, 0.6) is 0 Å². The SMILES string of the molecule is CCOC(=O)c1nsnc1NCCSC(=N)N.I. The molecule has 1 rings (SSSR count). The summed E-state index contributed by atoms with van der Waals surface area (Å²) in [5.74, 6) is 0.551. The number of hydrogen-bond acceptors (Lipinski definition) is 8. The first kappa shape index (κ1) is 17.4. The van der Waals surface area contributed by atoms with Gasteiger partial charge in [0.15, 0.2) is 11.0 Å². The minimum atomic E-state index is -0.483. The number of nitrogens with two attached hydrogens (primary N) is 1. The largest absolute Gasteiger partial charge is 0.461 e. The summed E-state index contributed by atoms with van der Waals surface area (Å²) in [6.45, 7) is 2.58. The third-order valence-electron chi connectivity index (χ3n) is 1.61. The van der Waals surface area contributed by atoms with Crippen molar-refractivity contribution >= 4 is 64.4 Å². The molecule has 1 heterocycles. The van der Waals surface area contributed by atoms with Crippen LogP contribution in [-0.4, -0.2) is 38.8 Å². The minimum absolute atomic E-state index is 0. The first-order valence-electron chi connectivity index (χ1n) is 4.85. The van der Waals surface area contributed by atoms with Crippen molar-refractivity contribution in [3.8, 4) is 0 Å². The van der Waals surface area contributed by atoms with E-state index in [-0.39, 0.29) is 34.8 Å². The van der Waals surface area contributed by atoms with Gasteiger partial charge < -0.3 is 15.8 Å². The molecule has 1 aromatic rings. The van der Waals surface area contributed by atoms with E-state index in [4.69, 9.17) is 15.9 Å². The van der Waals surface area contributed by atoms with Gasteiger partial charge in [0.25, 0.3) is 0 Å². The van der Waals surface area contributed by atoms with E-state index in [1.54, 1.807) is 6.92 Å². The van der Waals surface area contributed by atoms with Gasteiger partial charge in [-0.2, -0.15) is 8.75 Å². The first-order chi connectivity index (χ1) is 8.15. The fourth-order valence-corrected chi connectivity index (χ4v) is 1.91. The molecule has 0 saturated carbocycles. The van der Waals surface area contributed by atoms with Gasteiger partial charge in [-0.05, 0) is 6.92 Å². The van der Waals surface area contributed by atoms with Crippen LogP contribution in [0.25, 0.3) is 0 Å². The normalized spacial score (nSPS) is 9.39. The van der Waals surface area contributed by atoms with Crippen molar-refractivity contribution in [2.24, 2.45) is 5.73 Å². The molecule has 0 aliphatic rings. The summed E-state index contributed by atoms with van der Waals surface area (Å²) in [7, 11) is 0. The molecule has 4 N–H and O–H groups in total. The van der Waals surface area contributed by atoms with Crippen LogP contribution in [-0.2, 0) is 4.74 Å². The zero-order valence-corrected chi connectivity index (χ0v) is 13.6. The van der Waals surface area contributed by atoms with E-state index in [1.807, 2.05) is 0 Å². The monoisotopic (exact) mass is 403 g/mol. The highest BCUT2D eigenvalue weighted by Crippen LogP contribution is 2.13. The zero-order chi connectivity index (χ0) is 12.7. The average Bonchev–Trinajstić information content (AvgIpc) is 2.72. The summed E-state index contributed by atoms with van der Waals surface area (Å²) in [4.78, 5) is 11.5. The predicted molar refractivity (Wildman–Crippen MR) is 84.1 cm³/mol. The van der Waals surface area contributed by atoms with E-state index >= 15 is 0 Å². The van der Waals surface area contributed by atoms with Crippen LogP contribution in [0.1, 0.15) is 17.4 Å². The van der Waals surface area contributed by atoms with Crippen LogP contribution in [0.15, 0.2) is 0 Å². The second kappa shape index (κ2) is 9.33. The minimum Gasteiger partial charge on any atom is -0.461 e. The standard InChI is InChI=1S/C8H13N5O2S2.HI/c1-2-15-7(14)5-6(13-17-12-5)11-3-4-16-8(9)10;/h2-4H2,1H3,(H3,9,10)(H,11,13);1H. The average molecular weight is 403 g/mol. The Labute approximate surface area is 130 Å². The van der Waals surface area contributed by atoms with Gasteiger partial charge in [-0.15, -0.1) is 24.0 Å². The van der Waals surface area contributed by atoms with Crippen LogP contribution >= 0.6 is 47.5 Å². The Morgan fingerprint density at radius 2 is 2.33 bits per heavy atom. The van der Waals surface area contributed by atoms with Crippen molar-refractivity contribution in [1.29, 1.82) is 5.41 Å². The Morgan fingerprint density at radius 1 is 1.61 bits per heavy atom. The molecule has 0 fully saturated rings. The fraction of sp³-hybridized carbons (Fsp3) is 0.500. The molecule has 0 amide bonds. The highest BCUT2D eigenvalue weighted by atomic mass is 127. The lowest BCUT2D eigenvalue weighted by atomic mass is 10.4. The first-order valence-corrected chi connectivity index (χ1v) is 6.57. The molecule has 0 bridgehead atoms. The van der Waals surface area contributed by atoms with Gasteiger partial charge >= 0.3 is 5.97 Å². The fourth-order valence-electron chi connectivity index (χ4n) is 0.968. The number of aromatic nitrogens is 2. The molecule has 0 saturated heterocycles. The lowest BCUT2D eigenvalue weighted by molar-refractivity contribution is 0.0522. The number of halogens is 1. The van der Waals surface area contributed by atoms with E-state index in [9.17, 15) is 4.79 Å². The number of ether oxygens (including phenoxy) is 1. The summed E-state index contributed by atoms with van der Waals surface area (Å²) < 4.78 is 12.7. The molecule has 10 heteroatoms. The molecular weight excluding hydrogens is 389 g/mol. The second-order valence-corrected chi connectivity index (χ2v) is 4.49. The summed E-state index contributed by atoms with van der Waals surface area (Å²) >= 11 is 2.16. The molecule has 0 aliphatic heterocycles. The Kier molecular flexibility index (Phi) is 9.01. The highest BCUT2D eigenvalue weighted by Gasteiger charge is 2.17. The predicted octanol–water partition coefficient (Wildman–Crippen LogP) is 1.37. The molecule has 102 valence electrons. The lowest BCUT2D eigenvalue weighted by Crippen LogP contribution is -2.13. The number of rotatable bonds is 6. The molecule has 0 unspecified atom stereocenters. The van der Waals surface area contributed by atoms with Crippen LogP contribution in [0, 0.1) is 5.41 Å². The smallest absolute Gasteiger partial charge is 0.361 e. The molecule has 0 atom stereocenters. The number of thioether (sulfide) groups is 1. The van der Waals surface area contributed by atoms with Crippen LogP contribution in [0.3, 0.4) is 0 Å². The molecule has 7 nitrogen and oxygen atoms in total. The number of anilines is 1. The van der Waals surface area contributed by atoms with E-state index in [2.05, 4.69) is 14.1 Å². The molecule has 0 radical (unpaired) electrons. The summed E-state index contributed by atoms with van der Waals surface area (Å²) in [6, 6.07) is 0. The third-order valence-corrected chi connectivity index (χ3v) is 2.86. The Balaban J connectivity index is 0.00000289. The number of nitrogens with one attached hydrogen (secondary N) is 2. The number of nitrogens with zero attached hydrogens (tertiary/aromatic N) is 2. The Hall–Kier alpha value is -0.620. The van der Waals surface area contributed by atoms with Gasteiger partial charge in [0.2, 0.25) is 5.69 Å². The van der Waals surface area contributed by atoms with E-state index in [0.29, 0.717) is 24.7 Å². The van der Waals surface area contributed by atoms with E-state index in [1.165, 1.54) is 11.8 Å². The Bertz CT molecular complexity index is 401. The maximum Gasteiger partial charge on any atom is 0.361 e. The summed E-state index contributed by atoms with van der Waals surface area (Å²) in [6.07, 6.45) is 0. The maximum absolute atomic E-state index is 11.5. The van der Waals surface area contributed by atoms with Gasteiger partial charge in [-0.3, -0.25) is 5.41 Å². The molecule has 1 aromatic heterocycles. The highest BCUT2D eigenvalue weighted by molar-refractivity contribution is 14.0. The van der Waals surface area contributed by atoms with Crippen molar-refractivity contribution in [1.82, 2.24) is 8.75 Å². The van der Waals surface area contributed by atoms with Gasteiger partial charge in [-0.25, -0.2) is 4.79 Å². The van der Waals surface area contributed by atoms with Crippen molar-refractivity contribution in [3.05, 3.63) is 5.69 Å². The van der Waals surface area contributed by atoms with Crippen molar-refractivity contribution in [2.45, 2.75) is 6.92 Å². The number of hydrogen-bond donors (Lipinski definition) is 3. The van der Waals surface area contributed by atoms with E-state index < -0.39 is 5.97 Å². The molecule has 18 heavy (non-hydrogen) atoms. The van der Waals surface area contributed by atoms with Crippen molar-refractivity contribution < 1.29 is 9.53 Å². The van der Waals surface area contributed by atoms with Crippen LogP contribution in [0.4, 0.5) is 5.82 Å². The van der Waals surface area contributed by atoms with Gasteiger partial charge in [0.1, 0.15) is 0 Å². The number of carbonyl (C=O) groups is 1. The number of carbonyl (C=O) groups excluding carboxylic acids is 1. The number of amidine groups is 1.